The number of hydrogen-bond donors (Lipinski definition) is 1. The fourth-order valence-corrected chi connectivity index (χ4v) is 2.69. The van der Waals surface area contributed by atoms with Gasteiger partial charge in [0.25, 0.3) is 0 Å². The molecule has 0 spiro atoms. The molecule has 0 saturated heterocycles. The second-order valence-electron chi connectivity index (χ2n) is 4.69. The van der Waals surface area contributed by atoms with Crippen LogP contribution in [0.2, 0.25) is 0 Å². The first-order chi connectivity index (χ1) is 9.19. The highest BCUT2D eigenvalue weighted by atomic mass is 32.1. The molecule has 0 aliphatic carbocycles. The predicted octanol–water partition coefficient (Wildman–Crippen LogP) is 2.79. The van der Waals surface area contributed by atoms with Gasteiger partial charge in [-0.15, -0.1) is 11.3 Å². The van der Waals surface area contributed by atoms with Gasteiger partial charge in [0, 0.05) is 30.6 Å². The summed E-state index contributed by atoms with van der Waals surface area (Å²) in [7, 11) is 2.11. The summed E-state index contributed by atoms with van der Waals surface area (Å²) >= 11 is 1.72. The number of aryl methyl sites for hydroxylation is 1. The monoisotopic (exact) mass is 279 g/mol. The SMILES string of the molecule is CCNCc1nc(CN(C)Cc2ccoc2C)cs1. The van der Waals surface area contributed by atoms with E-state index >= 15 is 0 Å². The largest absolute Gasteiger partial charge is 0.469 e. The average Bonchev–Trinajstić information content (AvgIpc) is 2.97. The zero-order valence-corrected chi connectivity index (χ0v) is 12.6. The Morgan fingerprint density at radius 2 is 2.26 bits per heavy atom. The Bertz CT molecular complexity index is 506. The molecule has 0 amide bonds. The summed E-state index contributed by atoms with van der Waals surface area (Å²) in [5.74, 6) is 0.998. The van der Waals surface area contributed by atoms with Crippen molar-refractivity contribution in [2.24, 2.45) is 0 Å². The Kier molecular flexibility index (Phi) is 5.13. The van der Waals surface area contributed by atoms with E-state index in [1.807, 2.05) is 13.0 Å². The maximum atomic E-state index is 5.32. The maximum Gasteiger partial charge on any atom is 0.107 e. The number of nitrogens with one attached hydrogen (secondary N) is 1. The van der Waals surface area contributed by atoms with E-state index in [1.54, 1.807) is 17.6 Å². The summed E-state index contributed by atoms with van der Waals surface area (Å²) in [5, 5.41) is 6.60. The molecule has 0 fully saturated rings. The van der Waals surface area contributed by atoms with Crippen molar-refractivity contribution in [1.29, 1.82) is 0 Å². The third-order valence-electron chi connectivity index (χ3n) is 2.96. The third kappa shape index (κ3) is 4.16. The van der Waals surface area contributed by atoms with Crippen LogP contribution in [0, 0.1) is 6.92 Å². The van der Waals surface area contributed by atoms with Crippen LogP contribution in [-0.2, 0) is 19.6 Å². The summed E-state index contributed by atoms with van der Waals surface area (Å²) in [6, 6.07) is 2.03. The van der Waals surface area contributed by atoms with Crippen molar-refractivity contribution in [1.82, 2.24) is 15.2 Å². The maximum absolute atomic E-state index is 5.32. The predicted molar refractivity (Wildman–Crippen MR) is 78.1 cm³/mol. The minimum Gasteiger partial charge on any atom is -0.469 e. The van der Waals surface area contributed by atoms with Gasteiger partial charge in [0.05, 0.1) is 12.0 Å². The Morgan fingerprint density at radius 3 is 2.95 bits per heavy atom. The lowest BCUT2D eigenvalue weighted by atomic mass is 10.2. The molecule has 2 aromatic rings. The van der Waals surface area contributed by atoms with Gasteiger partial charge in [0.2, 0.25) is 0 Å². The highest BCUT2D eigenvalue weighted by molar-refractivity contribution is 7.09. The van der Waals surface area contributed by atoms with Crippen molar-refractivity contribution >= 4 is 11.3 Å². The molecule has 4 nitrogen and oxygen atoms in total. The first-order valence-corrected chi connectivity index (χ1v) is 7.42. The highest BCUT2D eigenvalue weighted by Crippen LogP contribution is 2.15. The van der Waals surface area contributed by atoms with Gasteiger partial charge < -0.3 is 9.73 Å². The van der Waals surface area contributed by atoms with E-state index in [1.165, 1.54) is 5.56 Å². The third-order valence-corrected chi connectivity index (χ3v) is 3.86. The van der Waals surface area contributed by atoms with Crippen molar-refractivity contribution < 1.29 is 4.42 Å². The minimum atomic E-state index is 0.867. The quantitative estimate of drug-likeness (QED) is 0.846. The number of nitrogens with zero attached hydrogens (tertiary/aromatic N) is 2. The van der Waals surface area contributed by atoms with E-state index in [4.69, 9.17) is 4.42 Å². The average molecular weight is 279 g/mol. The van der Waals surface area contributed by atoms with E-state index in [0.717, 1.165) is 42.6 Å². The lowest BCUT2D eigenvalue weighted by Crippen LogP contribution is -2.18. The number of hydrogen-bond acceptors (Lipinski definition) is 5. The molecule has 0 bridgehead atoms. The second kappa shape index (κ2) is 6.84. The Hall–Kier alpha value is -1.17. The van der Waals surface area contributed by atoms with Crippen molar-refractivity contribution in [3.05, 3.63) is 39.7 Å². The molecular formula is C14H21N3OS. The highest BCUT2D eigenvalue weighted by Gasteiger charge is 2.08. The van der Waals surface area contributed by atoms with Crippen molar-refractivity contribution in [3.8, 4) is 0 Å². The molecule has 2 rings (SSSR count). The molecule has 0 aromatic carbocycles. The van der Waals surface area contributed by atoms with E-state index in [-0.39, 0.29) is 0 Å². The van der Waals surface area contributed by atoms with E-state index < -0.39 is 0 Å². The van der Waals surface area contributed by atoms with Gasteiger partial charge in [0.1, 0.15) is 10.8 Å². The normalized spacial score (nSPS) is 11.4. The molecule has 0 aliphatic heterocycles. The molecular weight excluding hydrogens is 258 g/mol. The molecule has 0 saturated carbocycles. The van der Waals surface area contributed by atoms with Gasteiger partial charge in [-0.1, -0.05) is 6.92 Å². The summed E-state index contributed by atoms with van der Waals surface area (Å²) in [5.41, 5.74) is 2.38. The van der Waals surface area contributed by atoms with Crippen LogP contribution >= 0.6 is 11.3 Å². The Morgan fingerprint density at radius 1 is 1.42 bits per heavy atom. The van der Waals surface area contributed by atoms with E-state index in [9.17, 15) is 0 Å². The summed E-state index contributed by atoms with van der Waals surface area (Å²) < 4.78 is 5.32. The fourth-order valence-electron chi connectivity index (χ4n) is 1.93. The number of furan rings is 1. The van der Waals surface area contributed by atoms with Crippen molar-refractivity contribution in [2.45, 2.75) is 33.5 Å². The van der Waals surface area contributed by atoms with Gasteiger partial charge in [-0.05, 0) is 26.6 Å². The van der Waals surface area contributed by atoms with Crippen LogP contribution in [0.25, 0.3) is 0 Å². The van der Waals surface area contributed by atoms with Gasteiger partial charge in [-0.25, -0.2) is 4.98 Å². The summed E-state index contributed by atoms with van der Waals surface area (Å²) in [4.78, 5) is 6.88. The van der Waals surface area contributed by atoms with Gasteiger partial charge in [0.15, 0.2) is 0 Å². The topological polar surface area (TPSA) is 41.3 Å². The molecule has 0 aliphatic rings. The van der Waals surface area contributed by atoms with Gasteiger partial charge in [-0.2, -0.15) is 0 Å². The van der Waals surface area contributed by atoms with Crippen LogP contribution in [0.4, 0.5) is 0 Å². The molecule has 5 heteroatoms. The molecule has 0 atom stereocenters. The van der Waals surface area contributed by atoms with Crippen LogP contribution in [0.5, 0.6) is 0 Å². The van der Waals surface area contributed by atoms with Crippen LogP contribution in [0.1, 0.15) is 28.9 Å². The lowest BCUT2D eigenvalue weighted by molar-refractivity contribution is 0.313. The molecule has 0 radical (unpaired) electrons. The first-order valence-electron chi connectivity index (χ1n) is 6.54. The second-order valence-corrected chi connectivity index (χ2v) is 5.63. The van der Waals surface area contributed by atoms with Crippen molar-refractivity contribution in [2.75, 3.05) is 13.6 Å². The summed E-state index contributed by atoms with van der Waals surface area (Å²) in [6.07, 6.45) is 1.75. The smallest absolute Gasteiger partial charge is 0.107 e. The lowest BCUT2D eigenvalue weighted by Gasteiger charge is -2.14. The zero-order chi connectivity index (χ0) is 13.7. The summed E-state index contributed by atoms with van der Waals surface area (Å²) in [6.45, 7) is 7.71. The number of aromatic nitrogens is 1. The van der Waals surface area contributed by atoms with E-state index in [2.05, 4.69) is 34.6 Å². The minimum absolute atomic E-state index is 0.867. The van der Waals surface area contributed by atoms with Crippen molar-refractivity contribution in [3.63, 3.8) is 0 Å². The van der Waals surface area contributed by atoms with Crippen LogP contribution in [0.15, 0.2) is 22.1 Å². The first kappa shape index (κ1) is 14.2. The Labute approximate surface area is 118 Å². The number of rotatable bonds is 7. The molecule has 19 heavy (non-hydrogen) atoms. The number of thiazole rings is 1. The fraction of sp³-hybridized carbons (Fsp3) is 0.500. The van der Waals surface area contributed by atoms with Crippen LogP contribution in [-0.4, -0.2) is 23.5 Å². The molecule has 0 unspecified atom stereocenters. The van der Waals surface area contributed by atoms with Crippen LogP contribution < -0.4 is 5.32 Å². The molecule has 1 N–H and O–H groups in total. The van der Waals surface area contributed by atoms with Crippen LogP contribution in [0.3, 0.4) is 0 Å². The van der Waals surface area contributed by atoms with E-state index in [0.29, 0.717) is 0 Å². The molecule has 2 heterocycles. The standard InChI is InChI=1S/C14H21N3OS/c1-4-15-7-14-16-13(10-19-14)9-17(3)8-12-5-6-18-11(12)2/h5-6,10,15H,4,7-9H2,1-3H3. The van der Waals surface area contributed by atoms with Gasteiger partial charge in [-0.3, -0.25) is 4.90 Å². The molecule has 104 valence electrons. The van der Waals surface area contributed by atoms with Gasteiger partial charge >= 0.3 is 0 Å². The zero-order valence-electron chi connectivity index (χ0n) is 11.8. The Balaban J connectivity index is 1.86. The molecule has 2 aromatic heterocycles.